The Hall–Kier alpha value is -2.30. The molecule has 2 heterocycles. The van der Waals surface area contributed by atoms with E-state index in [2.05, 4.69) is 10.3 Å². The summed E-state index contributed by atoms with van der Waals surface area (Å²) in [6.45, 7) is 0. The number of para-hydroxylation sites is 1. The number of carbonyl (C=O) groups is 3. The van der Waals surface area contributed by atoms with E-state index in [0.29, 0.717) is 11.3 Å². The number of nitrogens with one attached hydrogen (secondary N) is 1. The molecule has 0 aliphatic carbocycles. The predicted octanol–water partition coefficient (Wildman–Crippen LogP) is 0.228. The highest BCUT2D eigenvalue weighted by Gasteiger charge is 2.46. The molecule has 5 nitrogen and oxygen atoms in total. The maximum Gasteiger partial charge on any atom is 0.273 e. The number of Topliss-reactive ketones (excluding diaryl/α,β-unsaturated/α-hetero) is 1. The van der Waals surface area contributed by atoms with E-state index in [9.17, 15) is 14.4 Å². The van der Waals surface area contributed by atoms with Gasteiger partial charge in [-0.2, -0.15) is 0 Å². The van der Waals surface area contributed by atoms with Crippen LogP contribution in [0.5, 0.6) is 0 Å². The molecule has 0 saturated carbocycles. The maximum absolute atomic E-state index is 12.0. The van der Waals surface area contributed by atoms with Crippen LogP contribution in [0.15, 0.2) is 29.3 Å². The Kier molecular flexibility index (Phi) is 1.60. The average molecular weight is 214 g/mol. The van der Waals surface area contributed by atoms with Crippen LogP contribution in [0.1, 0.15) is 10.4 Å². The molecule has 1 fully saturated rings. The minimum atomic E-state index is -1.05. The third-order valence-corrected chi connectivity index (χ3v) is 2.68. The van der Waals surface area contributed by atoms with Crippen molar-refractivity contribution in [3.63, 3.8) is 0 Å². The van der Waals surface area contributed by atoms with E-state index < -0.39 is 17.7 Å². The SMILES string of the molecule is O=C1NC(=O)C2C(=O)c3ccccc3N=C12. The van der Waals surface area contributed by atoms with E-state index in [-0.39, 0.29) is 11.5 Å². The first-order valence-electron chi connectivity index (χ1n) is 4.75. The van der Waals surface area contributed by atoms with Gasteiger partial charge in [0, 0.05) is 5.56 Å². The van der Waals surface area contributed by atoms with Gasteiger partial charge in [0.1, 0.15) is 11.6 Å². The van der Waals surface area contributed by atoms with E-state index >= 15 is 0 Å². The predicted molar refractivity (Wildman–Crippen MR) is 54.5 cm³/mol. The molecule has 16 heavy (non-hydrogen) atoms. The van der Waals surface area contributed by atoms with Crippen molar-refractivity contribution >= 4 is 29.0 Å². The number of nitrogens with zero attached hydrogens (tertiary/aromatic N) is 1. The van der Waals surface area contributed by atoms with Crippen molar-refractivity contribution in [2.45, 2.75) is 0 Å². The highest BCUT2D eigenvalue weighted by molar-refractivity contribution is 6.56. The molecular formula is C11H6N2O3. The van der Waals surface area contributed by atoms with Crippen LogP contribution >= 0.6 is 0 Å². The zero-order valence-electron chi connectivity index (χ0n) is 8.06. The summed E-state index contributed by atoms with van der Waals surface area (Å²) in [5.74, 6) is -2.56. The molecule has 0 aromatic heterocycles. The van der Waals surface area contributed by atoms with Gasteiger partial charge in [-0.3, -0.25) is 19.7 Å². The van der Waals surface area contributed by atoms with Gasteiger partial charge in [-0.15, -0.1) is 0 Å². The first kappa shape index (κ1) is 8.96. The van der Waals surface area contributed by atoms with E-state index in [4.69, 9.17) is 0 Å². The number of ketones is 1. The van der Waals surface area contributed by atoms with Crippen LogP contribution in [0.3, 0.4) is 0 Å². The standard InChI is InChI=1S/C11H6N2O3/c14-9-5-3-1-2-4-6(5)12-8-7(9)10(15)13-11(8)16/h1-4,7H,(H,13,15,16). The van der Waals surface area contributed by atoms with Gasteiger partial charge in [0.2, 0.25) is 5.91 Å². The Labute approximate surface area is 90.2 Å². The average Bonchev–Trinajstić information content (AvgIpc) is 2.55. The lowest BCUT2D eigenvalue weighted by atomic mass is 9.91. The fourth-order valence-corrected chi connectivity index (χ4v) is 1.93. The number of hydrogen-bond acceptors (Lipinski definition) is 4. The van der Waals surface area contributed by atoms with Gasteiger partial charge in [-0.1, -0.05) is 12.1 Å². The number of benzene rings is 1. The molecule has 0 bridgehead atoms. The van der Waals surface area contributed by atoms with Gasteiger partial charge in [0.15, 0.2) is 5.78 Å². The Balaban J connectivity index is 2.26. The van der Waals surface area contributed by atoms with Crippen LogP contribution in [0.25, 0.3) is 0 Å². The summed E-state index contributed by atoms with van der Waals surface area (Å²) in [5, 5.41) is 2.09. The molecule has 2 aliphatic rings. The van der Waals surface area contributed by atoms with Crippen molar-refractivity contribution in [2.75, 3.05) is 0 Å². The molecule has 3 rings (SSSR count). The molecule has 1 unspecified atom stereocenters. The van der Waals surface area contributed by atoms with Crippen LogP contribution in [-0.4, -0.2) is 23.3 Å². The lowest BCUT2D eigenvalue weighted by molar-refractivity contribution is -0.124. The lowest BCUT2D eigenvalue weighted by Crippen LogP contribution is -2.30. The molecule has 78 valence electrons. The fraction of sp³-hybridized carbons (Fsp3) is 0.0909. The van der Waals surface area contributed by atoms with Crippen molar-refractivity contribution < 1.29 is 14.4 Å². The zero-order chi connectivity index (χ0) is 11.3. The van der Waals surface area contributed by atoms with Crippen molar-refractivity contribution in [3.8, 4) is 0 Å². The number of rotatable bonds is 0. The third kappa shape index (κ3) is 0.995. The summed E-state index contributed by atoms with van der Waals surface area (Å²) in [5.41, 5.74) is 0.846. The molecule has 0 spiro atoms. The molecule has 1 N–H and O–H groups in total. The summed E-state index contributed by atoms with van der Waals surface area (Å²) in [4.78, 5) is 38.8. The van der Waals surface area contributed by atoms with Gasteiger partial charge < -0.3 is 0 Å². The molecule has 5 heteroatoms. The number of amides is 2. The highest BCUT2D eigenvalue weighted by atomic mass is 16.2. The first-order chi connectivity index (χ1) is 7.68. The zero-order valence-corrected chi connectivity index (χ0v) is 8.06. The van der Waals surface area contributed by atoms with Crippen LogP contribution in [0.4, 0.5) is 5.69 Å². The van der Waals surface area contributed by atoms with Crippen molar-refractivity contribution in [2.24, 2.45) is 10.9 Å². The Morgan fingerprint density at radius 2 is 1.88 bits per heavy atom. The topological polar surface area (TPSA) is 75.6 Å². The molecular weight excluding hydrogens is 208 g/mol. The summed E-state index contributed by atoms with van der Waals surface area (Å²) in [6, 6.07) is 6.68. The summed E-state index contributed by atoms with van der Waals surface area (Å²) >= 11 is 0. The normalized spacial score (nSPS) is 22.4. The Bertz CT molecular complexity index is 574. The summed E-state index contributed by atoms with van der Waals surface area (Å²) in [6.07, 6.45) is 0. The van der Waals surface area contributed by atoms with Gasteiger partial charge >= 0.3 is 0 Å². The van der Waals surface area contributed by atoms with Crippen molar-refractivity contribution in [3.05, 3.63) is 29.8 Å². The molecule has 1 aromatic carbocycles. The monoisotopic (exact) mass is 214 g/mol. The smallest absolute Gasteiger partial charge is 0.273 e. The number of fused-ring (bicyclic) bond motifs is 2. The van der Waals surface area contributed by atoms with E-state index in [1.54, 1.807) is 24.3 Å². The van der Waals surface area contributed by atoms with Gasteiger partial charge in [-0.25, -0.2) is 4.99 Å². The quantitative estimate of drug-likeness (QED) is 0.496. The first-order valence-corrected chi connectivity index (χ1v) is 4.75. The number of aliphatic imine (C=N–C) groups is 1. The van der Waals surface area contributed by atoms with Crippen molar-refractivity contribution in [1.29, 1.82) is 0 Å². The number of carbonyl (C=O) groups excluding carboxylic acids is 3. The summed E-state index contributed by atoms with van der Waals surface area (Å²) < 4.78 is 0. The van der Waals surface area contributed by atoms with Crippen LogP contribution in [-0.2, 0) is 9.59 Å². The Morgan fingerprint density at radius 1 is 1.12 bits per heavy atom. The highest BCUT2D eigenvalue weighted by Crippen LogP contribution is 2.30. The van der Waals surface area contributed by atoms with Gasteiger partial charge in [0.05, 0.1) is 5.69 Å². The largest absolute Gasteiger partial charge is 0.293 e. The van der Waals surface area contributed by atoms with E-state index in [1.165, 1.54) is 0 Å². The van der Waals surface area contributed by atoms with Gasteiger partial charge in [-0.05, 0) is 12.1 Å². The lowest BCUT2D eigenvalue weighted by Gasteiger charge is -2.14. The number of imide groups is 1. The molecule has 1 atom stereocenters. The Morgan fingerprint density at radius 3 is 2.69 bits per heavy atom. The molecule has 2 aliphatic heterocycles. The second-order valence-corrected chi connectivity index (χ2v) is 3.63. The maximum atomic E-state index is 12.0. The fourth-order valence-electron chi connectivity index (χ4n) is 1.93. The second kappa shape index (κ2) is 2.85. The minimum absolute atomic E-state index is 0.00806. The molecule has 1 saturated heterocycles. The van der Waals surface area contributed by atoms with Gasteiger partial charge in [0.25, 0.3) is 5.91 Å². The molecule has 2 amide bonds. The van der Waals surface area contributed by atoms with E-state index in [1.807, 2.05) is 0 Å². The molecule has 1 aromatic rings. The number of hydrogen-bond donors (Lipinski definition) is 1. The van der Waals surface area contributed by atoms with E-state index in [0.717, 1.165) is 0 Å². The third-order valence-electron chi connectivity index (χ3n) is 2.68. The minimum Gasteiger partial charge on any atom is -0.293 e. The summed E-state index contributed by atoms with van der Waals surface area (Å²) in [7, 11) is 0. The van der Waals surface area contributed by atoms with Crippen molar-refractivity contribution in [1.82, 2.24) is 5.32 Å². The second-order valence-electron chi connectivity index (χ2n) is 3.63. The van der Waals surface area contributed by atoms with Crippen LogP contribution in [0.2, 0.25) is 0 Å². The van der Waals surface area contributed by atoms with Crippen LogP contribution < -0.4 is 5.32 Å². The van der Waals surface area contributed by atoms with Crippen LogP contribution in [0, 0.1) is 5.92 Å². The molecule has 0 radical (unpaired) electrons.